The third-order valence-electron chi connectivity index (χ3n) is 5.21. The number of hydrogen-bond acceptors (Lipinski definition) is 4. The summed E-state index contributed by atoms with van der Waals surface area (Å²) in [4.78, 5) is 28.8. The summed E-state index contributed by atoms with van der Waals surface area (Å²) < 4.78 is 0. The zero-order valence-electron chi connectivity index (χ0n) is 17.5. The van der Waals surface area contributed by atoms with Crippen LogP contribution in [0, 0.1) is 0 Å². The van der Waals surface area contributed by atoms with Crippen LogP contribution in [0.2, 0.25) is 5.02 Å². The topological polar surface area (TPSA) is 64.7 Å². The average Bonchev–Trinajstić information content (AvgIpc) is 2.71. The van der Waals surface area contributed by atoms with Gasteiger partial charge in [-0.15, -0.1) is 0 Å². The molecule has 0 bridgehead atoms. The normalized spacial score (nSPS) is 15.2. The van der Waals surface area contributed by atoms with Crippen molar-refractivity contribution in [2.75, 3.05) is 49.9 Å². The Balaban J connectivity index is 1.39. The number of halogens is 1. The van der Waals surface area contributed by atoms with Crippen LogP contribution in [-0.4, -0.2) is 60.9 Å². The highest BCUT2D eigenvalue weighted by Gasteiger charge is 2.21. The first-order valence-corrected chi connectivity index (χ1v) is 10.7. The van der Waals surface area contributed by atoms with Gasteiger partial charge in [0.15, 0.2) is 0 Å². The van der Waals surface area contributed by atoms with Crippen LogP contribution in [0.5, 0.6) is 0 Å². The third-order valence-corrected chi connectivity index (χ3v) is 5.54. The van der Waals surface area contributed by atoms with E-state index in [4.69, 9.17) is 11.6 Å². The molecule has 0 saturated carbocycles. The molecule has 0 aromatic heterocycles. The molecule has 3 rings (SSSR count). The van der Waals surface area contributed by atoms with E-state index in [1.165, 1.54) is 5.56 Å². The minimum Gasteiger partial charge on any atom is -0.325 e. The van der Waals surface area contributed by atoms with Crippen molar-refractivity contribution >= 4 is 34.8 Å². The summed E-state index contributed by atoms with van der Waals surface area (Å²) in [5, 5.41) is 6.34. The third kappa shape index (κ3) is 6.55. The molecule has 0 spiro atoms. The molecule has 1 heterocycles. The van der Waals surface area contributed by atoms with E-state index in [0.29, 0.717) is 29.7 Å². The second kappa shape index (κ2) is 10.6. The average molecular weight is 429 g/mol. The van der Waals surface area contributed by atoms with Crippen LogP contribution in [0.3, 0.4) is 0 Å². The second-order valence-corrected chi connectivity index (χ2v) is 8.31. The Hall–Kier alpha value is -2.41. The van der Waals surface area contributed by atoms with E-state index in [0.717, 1.165) is 31.9 Å². The van der Waals surface area contributed by atoms with Crippen molar-refractivity contribution in [1.29, 1.82) is 0 Å². The Labute approximate surface area is 183 Å². The highest BCUT2D eigenvalue weighted by molar-refractivity contribution is 6.33. The SMILES string of the molecule is CC(C)c1ccc(NC(=O)CN2CCN(CC(=O)Nc3ccccc3Cl)CC2)cc1. The Kier molecular flexibility index (Phi) is 7.85. The van der Waals surface area contributed by atoms with Gasteiger partial charge in [-0.1, -0.05) is 49.7 Å². The van der Waals surface area contributed by atoms with E-state index in [1.807, 2.05) is 36.4 Å². The molecule has 0 atom stereocenters. The summed E-state index contributed by atoms with van der Waals surface area (Å²) >= 11 is 6.09. The van der Waals surface area contributed by atoms with E-state index in [-0.39, 0.29) is 11.8 Å². The zero-order valence-corrected chi connectivity index (χ0v) is 18.3. The molecule has 2 amide bonds. The smallest absolute Gasteiger partial charge is 0.238 e. The standard InChI is InChI=1S/C23H29ClN4O2/c1-17(2)18-7-9-19(10-8-18)25-22(29)15-27-11-13-28(14-12-27)16-23(30)26-21-6-4-3-5-20(21)24/h3-10,17H,11-16H2,1-2H3,(H,25,29)(H,26,30). The maximum absolute atomic E-state index is 12.4. The summed E-state index contributed by atoms with van der Waals surface area (Å²) in [6, 6.07) is 15.2. The molecule has 1 aliphatic rings. The van der Waals surface area contributed by atoms with Crippen molar-refractivity contribution in [3.8, 4) is 0 Å². The van der Waals surface area contributed by atoms with Gasteiger partial charge in [-0.2, -0.15) is 0 Å². The Morgan fingerprint density at radius 2 is 1.40 bits per heavy atom. The van der Waals surface area contributed by atoms with Crippen LogP contribution in [0.25, 0.3) is 0 Å². The van der Waals surface area contributed by atoms with Crippen molar-refractivity contribution in [1.82, 2.24) is 9.80 Å². The molecule has 6 nitrogen and oxygen atoms in total. The van der Waals surface area contributed by atoms with Gasteiger partial charge >= 0.3 is 0 Å². The van der Waals surface area contributed by atoms with Crippen LogP contribution >= 0.6 is 11.6 Å². The molecular weight excluding hydrogens is 400 g/mol. The van der Waals surface area contributed by atoms with Gasteiger partial charge in [0.1, 0.15) is 0 Å². The van der Waals surface area contributed by atoms with E-state index in [1.54, 1.807) is 12.1 Å². The maximum atomic E-state index is 12.4. The predicted octanol–water partition coefficient (Wildman–Crippen LogP) is 3.66. The first-order valence-electron chi connectivity index (χ1n) is 10.3. The quantitative estimate of drug-likeness (QED) is 0.706. The van der Waals surface area contributed by atoms with Crippen molar-refractivity contribution in [2.45, 2.75) is 19.8 Å². The first-order chi connectivity index (χ1) is 14.4. The number of nitrogens with zero attached hydrogens (tertiary/aromatic N) is 2. The van der Waals surface area contributed by atoms with Crippen LogP contribution in [0.15, 0.2) is 48.5 Å². The number of nitrogens with one attached hydrogen (secondary N) is 2. The first kappa shape index (κ1) is 22.3. The lowest BCUT2D eigenvalue weighted by Crippen LogP contribution is -2.50. The molecule has 7 heteroatoms. The molecule has 160 valence electrons. The Morgan fingerprint density at radius 1 is 0.867 bits per heavy atom. The minimum absolute atomic E-state index is 0.0165. The fourth-order valence-corrected chi connectivity index (χ4v) is 3.60. The molecule has 2 aromatic carbocycles. The monoisotopic (exact) mass is 428 g/mol. The van der Waals surface area contributed by atoms with Gasteiger partial charge in [-0.25, -0.2) is 0 Å². The van der Waals surface area contributed by atoms with Gasteiger partial charge in [-0.05, 0) is 35.7 Å². The molecule has 0 radical (unpaired) electrons. The molecule has 2 N–H and O–H groups in total. The Morgan fingerprint density at radius 3 is 1.93 bits per heavy atom. The summed E-state index contributed by atoms with van der Waals surface area (Å²) in [7, 11) is 0. The van der Waals surface area contributed by atoms with E-state index < -0.39 is 0 Å². The van der Waals surface area contributed by atoms with Crippen LogP contribution in [0.4, 0.5) is 11.4 Å². The number of benzene rings is 2. The van der Waals surface area contributed by atoms with Gasteiger partial charge in [0.25, 0.3) is 0 Å². The van der Waals surface area contributed by atoms with E-state index in [9.17, 15) is 9.59 Å². The molecule has 30 heavy (non-hydrogen) atoms. The number of para-hydroxylation sites is 1. The van der Waals surface area contributed by atoms with Crippen molar-refractivity contribution < 1.29 is 9.59 Å². The lowest BCUT2D eigenvalue weighted by Gasteiger charge is -2.33. The van der Waals surface area contributed by atoms with Crippen LogP contribution in [-0.2, 0) is 9.59 Å². The Bertz CT molecular complexity index is 862. The maximum Gasteiger partial charge on any atom is 0.238 e. The molecule has 0 aliphatic carbocycles. The number of anilines is 2. The molecule has 1 saturated heterocycles. The highest BCUT2D eigenvalue weighted by atomic mass is 35.5. The summed E-state index contributed by atoms with van der Waals surface area (Å²) in [5.74, 6) is 0.370. The summed E-state index contributed by atoms with van der Waals surface area (Å²) in [6.45, 7) is 7.94. The lowest BCUT2D eigenvalue weighted by molar-refractivity contribution is -0.120. The number of rotatable bonds is 7. The molecular formula is C23H29ClN4O2. The fraction of sp³-hybridized carbons (Fsp3) is 0.391. The highest BCUT2D eigenvalue weighted by Crippen LogP contribution is 2.20. The predicted molar refractivity (Wildman–Crippen MR) is 122 cm³/mol. The van der Waals surface area contributed by atoms with Crippen molar-refractivity contribution in [3.63, 3.8) is 0 Å². The second-order valence-electron chi connectivity index (χ2n) is 7.91. The van der Waals surface area contributed by atoms with Gasteiger partial charge < -0.3 is 10.6 Å². The van der Waals surface area contributed by atoms with Gasteiger partial charge in [0.05, 0.1) is 23.8 Å². The van der Waals surface area contributed by atoms with Gasteiger partial charge in [-0.3, -0.25) is 19.4 Å². The number of carbonyl (C=O) groups excluding carboxylic acids is 2. The minimum atomic E-state index is -0.0841. The largest absolute Gasteiger partial charge is 0.325 e. The van der Waals surface area contributed by atoms with Crippen molar-refractivity contribution in [3.05, 3.63) is 59.1 Å². The van der Waals surface area contributed by atoms with Crippen LogP contribution in [0.1, 0.15) is 25.3 Å². The number of amides is 2. The molecule has 1 aliphatic heterocycles. The zero-order chi connectivity index (χ0) is 21.5. The fourth-order valence-electron chi connectivity index (χ4n) is 3.42. The van der Waals surface area contributed by atoms with Gasteiger partial charge in [0.2, 0.25) is 11.8 Å². The van der Waals surface area contributed by atoms with Crippen molar-refractivity contribution in [2.24, 2.45) is 0 Å². The summed E-state index contributed by atoms with van der Waals surface area (Å²) in [5.41, 5.74) is 2.70. The lowest BCUT2D eigenvalue weighted by atomic mass is 10.0. The molecule has 1 fully saturated rings. The molecule has 0 unspecified atom stereocenters. The number of hydrogen-bond donors (Lipinski definition) is 2. The summed E-state index contributed by atoms with van der Waals surface area (Å²) in [6.07, 6.45) is 0. The van der Waals surface area contributed by atoms with E-state index in [2.05, 4.69) is 34.3 Å². The van der Waals surface area contributed by atoms with Crippen LogP contribution < -0.4 is 10.6 Å². The molecule has 2 aromatic rings. The van der Waals surface area contributed by atoms with E-state index >= 15 is 0 Å². The van der Waals surface area contributed by atoms with Gasteiger partial charge in [0, 0.05) is 31.9 Å². The number of carbonyl (C=O) groups is 2. The number of piperazine rings is 1.